The third kappa shape index (κ3) is 7.43. The summed E-state index contributed by atoms with van der Waals surface area (Å²) in [5.74, 6) is 2.02. The Morgan fingerprint density at radius 2 is 1.59 bits per heavy atom. The quantitative estimate of drug-likeness (QED) is 0.153. The second-order valence-electron chi connectivity index (χ2n) is 9.10. The lowest BCUT2D eigenvalue weighted by molar-refractivity contribution is -0.136. The van der Waals surface area contributed by atoms with Crippen molar-refractivity contribution in [3.8, 4) is 0 Å². The highest BCUT2D eigenvalue weighted by atomic mass is 16.6. The van der Waals surface area contributed by atoms with Crippen molar-refractivity contribution >= 4 is 35.4 Å². The van der Waals surface area contributed by atoms with Gasteiger partial charge in [-0.05, 0) is 30.9 Å². The van der Waals surface area contributed by atoms with E-state index in [4.69, 9.17) is 5.90 Å². The number of unbranched alkanes of at least 4 members (excludes halogenated alkanes) is 5. The van der Waals surface area contributed by atoms with Crippen LogP contribution >= 0.6 is 0 Å². The summed E-state index contributed by atoms with van der Waals surface area (Å²) in [6, 6.07) is 3.70. The zero-order chi connectivity index (χ0) is 26.8. The Bertz CT molecular complexity index is 1060. The molecule has 1 fully saturated rings. The van der Waals surface area contributed by atoms with Gasteiger partial charge in [-0.15, -0.1) is 0 Å². The summed E-state index contributed by atoms with van der Waals surface area (Å²) in [5, 5.41) is 7.73. The molecule has 1 atom stereocenters. The molecule has 5 N–H and O–H groups in total. The number of nitrogens with zero attached hydrogens (tertiary/aromatic N) is 1. The van der Waals surface area contributed by atoms with E-state index in [1.165, 1.54) is 6.07 Å². The molecule has 0 spiro atoms. The summed E-state index contributed by atoms with van der Waals surface area (Å²) in [5.41, 5.74) is 0.722. The van der Waals surface area contributed by atoms with Crippen LogP contribution in [0.15, 0.2) is 18.2 Å². The Morgan fingerprint density at radius 1 is 0.946 bits per heavy atom. The number of nitrogens with two attached hydrogens (primary N) is 1. The van der Waals surface area contributed by atoms with E-state index >= 15 is 0 Å². The van der Waals surface area contributed by atoms with Gasteiger partial charge in [-0.1, -0.05) is 37.8 Å². The molecule has 2 aliphatic heterocycles. The highest BCUT2D eigenvalue weighted by molar-refractivity contribution is 6.24. The van der Waals surface area contributed by atoms with Gasteiger partial charge in [0, 0.05) is 19.5 Å². The molecule has 12 heteroatoms. The number of carbonyl (C=O) groups excluding carboxylic acids is 6. The number of piperidine rings is 1. The molecule has 1 unspecified atom stereocenters. The molecule has 37 heavy (non-hydrogen) atoms. The fourth-order valence-electron chi connectivity index (χ4n) is 4.51. The zero-order valence-corrected chi connectivity index (χ0v) is 20.7. The molecule has 0 saturated carbocycles. The number of rotatable bonds is 14. The molecule has 0 bridgehead atoms. The van der Waals surface area contributed by atoms with Gasteiger partial charge >= 0.3 is 0 Å². The molecule has 2 heterocycles. The molecule has 12 nitrogen and oxygen atoms in total. The molecule has 3 rings (SSSR count). The van der Waals surface area contributed by atoms with Crippen LogP contribution in [-0.4, -0.2) is 66.1 Å². The van der Waals surface area contributed by atoms with E-state index in [-0.39, 0.29) is 48.8 Å². The van der Waals surface area contributed by atoms with Crippen LogP contribution in [0.3, 0.4) is 0 Å². The number of fused-ring (bicyclic) bond motifs is 1. The molecule has 200 valence electrons. The average Bonchev–Trinajstić information content (AvgIpc) is 3.11. The number of nitrogens with one attached hydrogen (secondary N) is 3. The maximum atomic E-state index is 13.1. The molecule has 6 amide bonds. The third-order valence-corrected chi connectivity index (χ3v) is 6.37. The lowest BCUT2D eigenvalue weighted by Crippen LogP contribution is -2.54. The predicted octanol–water partition coefficient (Wildman–Crippen LogP) is 0.0936. The van der Waals surface area contributed by atoms with Gasteiger partial charge in [0.25, 0.3) is 11.8 Å². The first kappa shape index (κ1) is 27.9. The molecular weight excluding hydrogens is 482 g/mol. The van der Waals surface area contributed by atoms with Gasteiger partial charge in [0.2, 0.25) is 23.6 Å². The van der Waals surface area contributed by atoms with Crippen LogP contribution in [0.25, 0.3) is 0 Å². The van der Waals surface area contributed by atoms with E-state index in [0.717, 1.165) is 43.4 Å². The van der Waals surface area contributed by atoms with Crippen molar-refractivity contribution in [2.45, 2.75) is 63.8 Å². The van der Waals surface area contributed by atoms with Crippen molar-refractivity contribution in [1.29, 1.82) is 0 Å². The van der Waals surface area contributed by atoms with Crippen molar-refractivity contribution in [1.82, 2.24) is 20.9 Å². The highest BCUT2D eigenvalue weighted by Crippen LogP contribution is 2.30. The Labute approximate surface area is 214 Å². The Balaban J connectivity index is 1.40. The van der Waals surface area contributed by atoms with Crippen LogP contribution in [0.2, 0.25) is 0 Å². The largest absolute Gasteiger partial charge is 0.356 e. The Kier molecular flexibility index (Phi) is 10.3. The van der Waals surface area contributed by atoms with E-state index < -0.39 is 29.7 Å². The van der Waals surface area contributed by atoms with E-state index in [2.05, 4.69) is 20.8 Å². The van der Waals surface area contributed by atoms with Crippen LogP contribution in [0.5, 0.6) is 0 Å². The molecule has 0 aromatic heterocycles. The normalized spacial score (nSPS) is 17.0. The number of amides is 6. The monoisotopic (exact) mass is 515 g/mol. The first-order valence-corrected chi connectivity index (χ1v) is 12.5. The van der Waals surface area contributed by atoms with E-state index in [0.29, 0.717) is 18.7 Å². The standard InChI is InChI=1S/C25H33N5O7/c26-37-15-21(33)28-13-6-4-2-1-3-5-12-27-20(32)14-16-8-7-9-17-22(16)25(36)30(24(17)35)18-10-11-19(31)29-23(18)34/h7-9,18H,1-6,10-15,26H2,(H,27,32)(H,28,33)(H,29,31,34). The number of imide groups is 2. The van der Waals surface area contributed by atoms with Crippen LogP contribution in [0, 0.1) is 0 Å². The topological polar surface area (TPSA) is 177 Å². The maximum absolute atomic E-state index is 13.1. The minimum Gasteiger partial charge on any atom is -0.356 e. The van der Waals surface area contributed by atoms with Crippen molar-refractivity contribution in [3.63, 3.8) is 0 Å². The Hall–Kier alpha value is -3.64. The van der Waals surface area contributed by atoms with Crippen LogP contribution in [0.1, 0.15) is 77.6 Å². The van der Waals surface area contributed by atoms with E-state index in [1.54, 1.807) is 12.1 Å². The average molecular weight is 516 g/mol. The number of benzene rings is 1. The van der Waals surface area contributed by atoms with Gasteiger partial charge in [-0.3, -0.25) is 43.8 Å². The van der Waals surface area contributed by atoms with E-state index in [9.17, 15) is 28.8 Å². The third-order valence-electron chi connectivity index (χ3n) is 6.37. The first-order chi connectivity index (χ1) is 17.8. The summed E-state index contributed by atoms with van der Waals surface area (Å²) in [7, 11) is 0. The van der Waals surface area contributed by atoms with Crippen LogP contribution < -0.4 is 21.8 Å². The van der Waals surface area contributed by atoms with Gasteiger partial charge in [-0.25, -0.2) is 5.90 Å². The fraction of sp³-hybridized carbons (Fsp3) is 0.520. The first-order valence-electron chi connectivity index (χ1n) is 12.5. The lowest BCUT2D eigenvalue weighted by Gasteiger charge is -2.27. The highest BCUT2D eigenvalue weighted by Gasteiger charge is 2.45. The van der Waals surface area contributed by atoms with Crippen LogP contribution in [-0.2, 0) is 30.4 Å². The summed E-state index contributed by atoms with van der Waals surface area (Å²) in [6.07, 6.45) is 5.70. The molecule has 1 aromatic rings. The predicted molar refractivity (Wildman–Crippen MR) is 131 cm³/mol. The Morgan fingerprint density at radius 3 is 2.24 bits per heavy atom. The number of carbonyl (C=O) groups is 6. The van der Waals surface area contributed by atoms with Crippen molar-refractivity contribution in [3.05, 3.63) is 34.9 Å². The second-order valence-corrected chi connectivity index (χ2v) is 9.10. The maximum Gasteiger partial charge on any atom is 0.262 e. The number of hydrogen-bond donors (Lipinski definition) is 4. The summed E-state index contributed by atoms with van der Waals surface area (Å²) >= 11 is 0. The second kappa shape index (κ2) is 13.6. The van der Waals surface area contributed by atoms with Crippen molar-refractivity contribution in [2.75, 3.05) is 19.7 Å². The van der Waals surface area contributed by atoms with Gasteiger partial charge in [0.15, 0.2) is 0 Å². The molecular formula is C25H33N5O7. The SMILES string of the molecule is NOCC(=O)NCCCCCCCCNC(=O)Cc1cccc2c1C(=O)N(C1CCC(=O)NC1=O)C2=O. The van der Waals surface area contributed by atoms with Gasteiger partial charge in [0.1, 0.15) is 12.6 Å². The minimum atomic E-state index is -1.05. The summed E-state index contributed by atoms with van der Waals surface area (Å²) in [6.45, 7) is 0.937. The molecule has 0 aliphatic carbocycles. The van der Waals surface area contributed by atoms with Crippen molar-refractivity contribution < 1.29 is 33.6 Å². The molecule has 0 radical (unpaired) electrons. The van der Waals surface area contributed by atoms with Gasteiger partial charge < -0.3 is 10.6 Å². The van der Waals surface area contributed by atoms with E-state index in [1.807, 2.05) is 0 Å². The molecule has 2 aliphatic rings. The van der Waals surface area contributed by atoms with Crippen LogP contribution in [0.4, 0.5) is 0 Å². The van der Waals surface area contributed by atoms with Gasteiger partial charge in [-0.2, -0.15) is 0 Å². The smallest absolute Gasteiger partial charge is 0.262 e. The minimum absolute atomic E-state index is 0.0440. The van der Waals surface area contributed by atoms with Gasteiger partial charge in [0.05, 0.1) is 17.5 Å². The summed E-state index contributed by atoms with van der Waals surface area (Å²) < 4.78 is 0. The molecule has 1 saturated heterocycles. The lowest BCUT2D eigenvalue weighted by atomic mass is 10.00. The molecule has 1 aromatic carbocycles. The summed E-state index contributed by atoms with van der Waals surface area (Å²) in [4.78, 5) is 78.5. The van der Waals surface area contributed by atoms with Crippen molar-refractivity contribution in [2.24, 2.45) is 5.90 Å². The fourth-order valence-corrected chi connectivity index (χ4v) is 4.51. The zero-order valence-electron chi connectivity index (χ0n) is 20.7. The number of hydrogen-bond acceptors (Lipinski definition) is 8.